The van der Waals surface area contributed by atoms with Crippen molar-refractivity contribution in [1.29, 1.82) is 0 Å². The summed E-state index contributed by atoms with van der Waals surface area (Å²) >= 11 is 3.58. The van der Waals surface area contributed by atoms with Gasteiger partial charge in [0.05, 0.1) is 11.7 Å². The standard InChI is InChI=1S/C14H23BrN2/c1-2-12(11-15)10-13-8-9-17(16-13)14-6-4-3-5-7-14/h8-9,12,14H,2-7,10-11H2,1H3. The fraction of sp³-hybridized carbons (Fsp3) is 0.786. The van der Waals surface area contributed by atoms with Crippen molar-refractivity contribution in [2.24, 2.45) is 5.92 Å². The SMILES string of the molecule is CCC(CBr)Cc1ccn(C2CCCCC2)n1. The number of hydrogen-bond donors (Lipinski definition) is 0. The van der Waals surface area contributed by atoms with Crippen molar-refractivity contribution in [2.75, 3.05) is 5.33 Å². The number of nitrogens with zero attached hydrogens (tertiary/aromatic N) is 2. The molecule has 1 aromatic rings. The average Bonchev–Trinajstić information content (AvgIpc) is 2.85. The highest BCUT2D eigenvalue weighted by molar-refractivity contribution is 9.09. The van der Waals surface area contributed by atoms with E-state index in [2.05, 4.69) is 39.8 Å². The van der Waals surface area contributed by atoms with E-state index in [-0.39, 0.29) is 0 Å². The minimum absolute atomic E-state index is 0.668. The fourth-order valence-corrected chi connectivity index (χ4v) is 3.33. The van der Waals surface area contributed by atoms with Crippen molar-refractivity contribution in [3.8, 4) is 0 Å². The summed E-state index contributed by atoms with van der Waals surface area (Å²) < 4.78 is 2.22. The minimum atomic E-state index is 0.668. The first-order valence-corrected chi connectivity index (χ1v) is 8.05. The molecule has 0 amide bonds. The van der Waals surface area contributed by atoms with Crippen LogP contribution in [-0.4, -0.2) is 15.1 Å². The Kier molecular flexibility index (Phi) is 5.08. The molecule has 1 atom stereocenters. The first-order valence-electron chi connectivity index (χ1n) is 6.93. The van der Waals surface area contributed by atoms with Gasteiger partial charge < -0.3 is 0 Å². The lowest BCUT2D eigenvalue weighted by Crippen LogP contribution is -2.14. The predicted octanol–water partition coefficient (Wildman–Crippen LogP) is 4.35. The van der Waals surface area contributed by atoms with Gasteiger partial charge in [0.2, 0.25) is 0 Å². The van der Waals surface area contributed by atoms with Gasteiger partial charge in [0.1, 0.15) is 0 Å². The molecule has 0 spiro atoms. The fourth-order valence-electron chi connectivity index (χ4n) is 2.64. The van der Waals surface area contributed by atoms with Gasteiger partial charge in [-0.05, 0) is 31.2 Å². The Morgan fingerprint density at radius 3 is 2.82 bits per heavy atom. The van der Waals surface area contributed by atoms with Gasteiger partial charge in [-0.1, -0.05) is 48.5 Å². The molecule has 1 aliphatic carbocycles. The van der Waals surface area contributed by atoms with Crippen LogP contribution in [0.3, 0.4) is 0 Å². The van der Waals surface area contributed by atoms with E-state index in [0.29, 0.717) is 6.04 Å². The Bertz CT molecular complexity index is 325. The van der Waals surface area contributed by atoms with Crippen molar-refractivity contribution < 1.29 is 0 Å². The molecule has 2 nitrogen and oxygen atoms in total. The molecule has 0 aromatic carbocycles. The Morgan fingerprint density at radius 2 is 2.18 bits per heavy atom. The van der Waals surface area contributed by atoms with Gasteiger partial charge in [0, 0.05) is 11.5 Å². The Labute approximate surface area is 113 Å². The monoisotopic (exact) mass is 298 g/mol. The third-order valence-corrected chi connectivity index (χ3v) is 4.82. The van der Waals surface area contributed by atoms with Gasteiger partial charge in [0.25, 0.3) is 0 Å². The maximum absolute atomic E-state index is 4.77. The van der Waals surface area contributed by atoms with Crippen LogP contribution < -0.4 is 0 Å². The van der Waals surface area contributed by atoms with Crippen LogP contribution in [0.15, 0.2) is 12.3 Å². The molecule has 17 heavy (non-hydrogen) atoms. The number of alkyl halides is 1. The van der Waals surface area contributed by atoms with E-state index >= 15 is 0 Å². The van der Waals surface area contributed by atoms with E-state index in [0.717, 1.165) is 17.7 Å². The molecule has 96 valence electrons. The van der Waals surface area contributed by atoms with Crippen LogP contribution in [0, 0.1) is 5.92 Å². The summed E-state index contributed by atoms with van der Waals surface area (Å²) in [5, 5.41) is 5.85. The molecule has 1 heterocycles. The quantitative estimate of drug-likeness (QED) is 0.739. The molecular formula is C14H23BrN2. The number of aromatic nitrogens is 2. The number of rotatable bonds is 5. The van der Waals surface area contributed by atoms with Gasteiger partial charge in [-0.25, -0.2) is 0 Å². The summed E-state index contributed by atoms with van der Waals surface area (Å²) in [6.07, 6.45) is 11.3. The zero-order valence-electron chi connectivity index (χ0n) is 10.7. The maximum atomic E-state index is 4.77. The summed E-state index contributed by atoms with van der Waals surface area (Å²) in [5.74, 6) is 0.727. The lowest BCUT2D eigenvalue weighted by Gasteiger charge is -2.21. The van der Waals surface area contributed by atoms with Crippen LogP contribution in [0.4, 0.5) is 0 Å². The van der Waals surface area contributed by atoms with E-state index in [1.165, 1.54) is 44.2 Å². The van der Waals surface area contributed by atoms with Gasteiger partial charge >= 0.3 is 0 Å². The van der Waals surface area contributed by atoms with Gasteiger partial charge in [-0.3, -0.25) is 4.68 Å². The van der Waals surface area contributed by atoms with Crippen LogP contribution >= 0.6 is 15.9 Å². The average molecular weight is 299 g/mol. The lowest BCUT2D eigenvalue weighted by molar-refractivity contribution is 0.327. The van der Waals surface area contributed by atoms with Crippen molar-refractivity contribution >= 4 is 15.9 Å². The van der Waals surface area contributed by atoms with Crippen LogP contribution in [-0.2, 0) is 6.42 Å². The highest BCUT2D eigenvalue weighted by Gasteiger charge is 2.16. The zero-order chi connectivity index (χ0) is 12.1. The number of halogens is 1. The largest absolute Gasteiger partial charge is 0.269 e. The first-order chi connectivity index (χ1) is 8.33. The van der Waals surface area contributed by atoms with Crippen LogP contribution in [0.5, 0.6) is 0 Å². The summed E-state index contributed by atoms with van der Waals surface area (Å²) in [4.78, 5) is 0. The normalized spacial score (nSPS) is 19.4. The van der Waals surface area contributed by atoms with E-state index in [1.807, 2.05) is 0 Å². The summed E-state index contributed by atoms with van der Waals surface area (Å²) in [5.41, 5.74) is 1.27. The molecule has 1 aliphatic rings. The van der Waals surface area contributed by atoms with Crippen LogP contribution in [0.1, 0.15) is 57.2 Å². The Morgan fingerprint density at radius 1 is 1.41 bits per heavy atom. The minimum Gasteiger partial charge on any atom is -0.269 e. The molecule has 0 radical (unpaired) electrons. The molecular weight excluding hydrogens is 276 g/mol. The molecule has 0 aliphatic heterocycles. The van der Waals surface area contributed by atoms with Crippen molar-refractivity contribution in [3.05, 3.63) is 18.0 Å². The molecule has 1 saturated carbocycles. The highest BCUT2D eigenvalue weighted by atomic mass is 79.9. The molecule has 3 heteroatoms. The molecule has 1 fully saturated rings. The lowest BCUT2D eigenvalue weighted by atomic mass is 9.96. The van der Waals surface area contributed by atoms with E-state index in [9.17, 15) is 0 Å². The molecule has 1 aromatic heterocycles. The van der Waals surface area contributed by atoms with E-state index in [1.54, 1.807) is 0 Å². The summed E-state index contributed by atoms with van der Waals surface area (Å²) in [6.45, 7) is 2.25. The van der Waals surface area contributed by atoms with Crippen molar-refractivity contribution in [1.82, 2.24) is 9.78 Å². The van der Waals surface area contributed by atoms with E-state index in [4.69, 9.17) is 5.10 Å². The van der Waals surface area contributed by atoms with Crippen molar-refractivity contribution in [3.63, 3.8) is 0 Å². The van der Waals surface area contributed by atoms with Gasteiger partial charge in [0.15, 0.2) is 0 Å². The topological polar surface area (TPSA) is 17.8 Å². The zero-order valence-corrected chi connectivity index (χ0v) is 12.3. The third kappa shape index (κ3) is 3.57. The summed E-state index contributed by atoms with van der Waals surface area (Å²) in [7, 11) is 0. The Balaban J connectivity index is 1.94. The highest BCUT2D eigenvalue weighted by Crippen LogP contribution is 2.27. The van der Waals surface area contributed by atoms with Gasteiger partial charge in [-0.2, -0.15) is 5.10 Å². The third-order valence-electron chi connectivity index (χ3n) is 3.91. The van der Waals surface area contributed by atoms with Crippen LogP contribution in [0.25, 0.3) is 0 Å². The second-order valence-electron chi connectivity index (χ2n) is 5.21. The molecule has 2 rings (SSSR count). The van der Waals surface area contributed by atoms with Crippen molar-refractivity contribution in [2.45, 2.75) is 57.9 Å². The number of hydrogen-bond acceptors (Lipinski definition) is 1. The molecule has 0 N–H and O–H groups in total. The Hall–Kier alpha value is -0.310. The van der Waals surface area contributed by atoms with Gasteiger partial charge in [-0.15, -0.1) is 0 Å². The molecule has 0 saturated heterocycles. The molecule has 1 unspecified atom stereocenters. The summed E-state index contributed by atoms with van der Waals surface area (Å²) in [6, 6.07) is 2.88. The smallest absolute Gasteiger partial charge is 0.0627 e. The predicted molar refractivity (Wildman–Crippen MR) is 75.6 cm³/mol. The first kappa shape index (κ1) is 13.1. The van der Waals surface area contributed by atoms with Crippen LogP contribution in [0.2, 0.25) is 0 Å². The maximum Gasteiger partial charge on any atom is 0.0627 e. The second kappa shape index (κ2) is 6.58. The molecule has 0 bridgehead atoms. The second-order valence-corrected chi connectivity index (χ2v) is 5.86. The van der Waals surface area contributed by atoms with E-state index < -0.39 is 0 Å².